The van der Waals surface area contributed by atoms with Crippen molar-refractivity contribution in [2.45, 2.75) is 38.3 Å². The molecule has 0 saturated heterocycles. The summed E-state index contributed by atoms with van der Waals surface area (Å²) < 4.78 is 0. The second-order valence-corrected chi connectivity index (χ2v) is 5.40. The largest absolute Gasteiger partial charge is 0.360 e. The van der Waals surface area contributed by atoms with E-state index >= 15 is 0 Å². The summed E-state index contributed by atoms with van der Waals surface area (Å²) in [5, 5.41) is 4.39. The lowest BCUT2D eigenvalue weighted by Gasteiger charge is -2.24. The molecular formula is C14H18N2S. The van der Waals surface area contributed by atoms with Crippen molar-refractivity contribution in [1.29, 1.82) is 0 Å². The van der Waals surface area contributed by atoms with Gasteiger partial charge in [0.25, 0.3) is 0 Å². The fourth-order valence-corrected chi connectivity index (χ4v) is 2.69. The van der Waals surface area contributed by atoms with Crippen LogP contribution in [0.1, 0.15) is 30.4 Å². The molecule has 1 N–H and O–H groups in total. The molecule has 1 heterocycles. The molecule has 1 aliphatic heterocycles. The van der Waals surface area contributed by atoms with Gasteiger partial charge < -0.3 is 10.2 Å². The first-order valence-electron chi connectivity index (χ1n) is 6.45. The number of hydrogen-bond donors (Lipinski definition) is 1. The summed E-state index contributed by atoms with van der Waals surface area (Å²) in [6.07, 6.45) is 4.94. The summed E-state index contributed by atoms with van der Waals surface area (Å²) >= 11 is 5.49. The van der Waals surface area contributed by atoms with Crippen LogP contribution < -0.4 is 5.32 Å². The highest BCUT2D eigenvalue weighted by Crippen LogP contribution is 2.21. The van der Waals surface area contributed by atoms with Gasteiger partial charge in [0.05, 0.1) is 0 Å². The summed E-state index contributed by atoms with van der Waals surface area (Å²) in [6.45, 7) is 2.04. The number of hydrogen-bond acceptors (Lipinski definition) is 1. The van der Waals surface area contributed by atoms with Crippen LogP contribution >= 0.6 is 12.2 Å². The van der Waals surface area contributed by atoms with Crippen molar-refractivity contribution in [3.8, 4) is 0 Å². The Hall–Kier alpha value is -1.09. The van der Waals surface area contributed by atoms with Gasteiger partial charge in [0, 0.05) is 19.1 Å². The van der Waals surface area contributed by atoms with E-state index in [4.69, 9.17) is 12.2 Å². The third-order valence-corrected chi connectivity index (χ3v) is 3.92. The van der Waals surface area contributed by atoms with Gasteiger partial charge >= 0.3 is 0 Å². The Labute approximate surface area is 108 Å². The van der Waals surface area contributed by atoms with Gasteiger partial charge in [-0.25, -0.2) is 0 Å². The summed E-state index contributed by atoms with van der Waals surface area (Å²) in [5.74, 6) is 0. The standard InChI is InChI=1S/C14H18N2S/c17-14(15-13-7-8-13)16-9-3-6-11-4-1-2-5-12(11)10-16/h1-2,4-5,13H,3,6-10H2,(H,15,17). The molecule has 3 heteroatoms. The van der Waals surface area contributed by atoms with Crippen LogP contribution in [0.3, 0.4) is 0 Å². The van der Waals surface area contributed by atoms with Crippen molar-refractivity contribution in [1.82, 2.24) is 10.2 Å². The van der Waals surface area contributed by atoms with Gasteiger partial charge in [0.2, 0.25) is 0 Å². The van der Waals surface area contributed by atoms with Gasteiger partial charge in [-0.3, -0.25) is 0 Å². The van der Waals surface area contributed by atoms with E-state index in [-0.39, 0.29) is 0 Å². The molecule has 0 amide bonds. The van der Waals surface area contributed by atoms with Crippen LogP contribution in [-0.2, 0) is 13.0 Å². The lowest BCUT2D eigenvalue weighted by Crippen LogP contribution is -2.40. The Bertz CT molecular complexity index is 426. The molecule has 1 aromatic carbocycles. The number of fused-ring (bicyclic) bond motifs is 1. The van der Waals surface area contributed by atoms with Crippen LogP contribution in [-0.4, -0.2) is 22.6 Å². The highest BCUT2D eigenvalue weighted by molar-refractivity contribution is 7.80. The first-order chi connectivity index (χ1) is 8.33. The second kappa shape index (κ2) is 4.65. The Morgan fingerprint density at radius 1 is 1.24 bits per heavy atom. The van der Waals surface area contributed by atoms with E-state index in [1.807, 2.05) is 0 Å². The number of rotatable bonds is 1. The molecule has 0 spiro atoms. The van der Waals surface area contributed by atoms with Gasteiger partial charge in [-0.1, -0.05) is 24.3 Å². The van der Waals surface area contributed by atoms with E-state index in [2.05, 4.69) is 34.5 Å². The number of thiocarbonyl (C=S) groups is 1. The van der Waals surface area contributed by atoms with Crippen LogP contribution in [0, 0.1) is 0 Å². The first kappa shape index (κ1) is 11.0. The van der Waals surface area contributed by atoms with Crippen LogP contribution in [0.25, 0.3) is 0 Å². The maximum atomic E-state index is 5.49. The molecule has 17 heavy (non-hydrogen) atoms. The number of benzene rings is 1. The maximum Gasteiger partial charge on any atom is 0.169 e. The van der Waals surface area contributed by atoms with E-state index < -0.39 is 0 Å². The van der Waals surface area contributed by atoms with Crippen molar-refractivity contribution in [3.05, 3.63) is 35.4 Å². The van der Waals surface area contributed by atoms with Crippen molar-refractivity contribution in [2.24, 2.45) is 0 Å². The fraction of sp³-hybridized carbons (Fsp3) is 0.500. The number of nitrogens with zero attached hydrogens (tertiary/aromatic N) is 1. The van der Waals surface area contributed by atoms with E-state index in [1.165, 1.54) is 36.8 Å². The van der Waals surface area contributed by atoms with Crippen LogP contribution in [0.4, 0.5) is 0 Å². The summed E-state index contributed by atoms with van der Waals surface area (Å²) in [4.78, 5) is 2.32. The molecule has 0 aromatic heterocycles. The lowest BCUT2D eigenvalue weighted by molar-refractivity contribution is 0.409. The third-order valence-electron chi connectivity index (χ3n) is 3.55. The zero-order valence-corrected chi connectivity index (χ0v) is 10.8. The van der Waals surface area contributed by atoms with Crippen LogP contribution in [0.2, 0.25) is 0 Å². The Morgan fingerprint density at radius 2 is 2.00 bits per heavy atom. The minimum Gasteiger partial charge on any atom is -0.360 e. The molecule has 90 valence electrons. The monoisotopic (exact) mass is 246 g/mol. The average molecular weight is 246 g/mol. The SMILES string of the molecule is S=C(NC1CC1)N1CCCc2ccccc2C1. The van der Waals surface area contributed by atoms with E-state index in [9.17, 15) is 0 Å². The normalized spacial score (nSPS) is 19.4. The van der Waals surface area contributed by atoms with Crippen LogP contribution in [0.15, 0.2) is 24.3 Å². The maximum absolute atomic E-state index is 5.49. The third kappa shape index (κ3) is 2.60. The number of aryl methyl sites for hydroxylation is 1. The van der Waals surface area contributed by atoms with Gasteiger partial charge in [0.15, 0.2) is 5.11 Å². The predicted octanol–water partition coefficient (Wildman–Crippen LogP) is 2.47. The molecule has 0 radical (unpaired) electrons. The van der Waals surface area contributed by atoms with Crippen molar-refractivity contribution < 1.29 is 0 Å². The van der Waals surface area contributed by atoms with Gasteiger partial charge in [-0.05, 0) is 49.0 Å². The summed E-state index contributed by atoms with van der Waals surface area (Å²) in [7, 11) is 0. The smallest absolute Gasteiger partial charge is 0.169 e. The molecule has 2 nitrogen and oxygen atoms in total. The molecule has 1 aliphatic carbocycles. The van der Waals surface area contributed by atoms with Crippen molar-refractivity contribution in [2.75, 3.05) is 6.54 Å². The highest BCUT2D eigenvalue weighted by atomic mass is 32.1. The number of nitrogens with one attached hydrogen (secondary N) is 1. The van der Waals surface area contributed by atoms with E-state index in [0.29, 0.717) is 6.04 Å². The molecule has 1 saturated carbocycles. The lowest BCUT2D eigenvalue weighted by atomic mass is 10.0. The topological polar surface area (TPSA) is 15.3 Å². The molecule has 0 unspecified atom stereocenters. The minimum absolute atomic E-state index is 0.654. The Balaban J connectivity index is 1.72. The molecule has 3 rings (SSSR count). The molecule has 1 fully saturated rings. The van der Waals surface area contributed by atoms with Gasteiger partial charge in [0.1, 0.15) is 0 Å². The van der Waals surface area contributed by atoms with Gasteiger partial charge in [-0.2, -0.15) is 0 Å². The Morgan fingerprint density at radius 3 is 2.76 bits per heavy atom. The molecule has 2 aliphatic rings. The highest BCUT2D eigenvalue weighted by Gasteiger charge is 2.24. The summed E-state index contributed by atoms with van der Waals surface area (Å²) in [6, 6.07) is 9.39. The predicted molar refractivity (Wildman–Crippen MR) is 73.9 cm³/mol. The van der Waals surface area contributed by atoms with Crippen molar-refractivity contribution >= 4 is 17.3 Å². The average Bonchev–Trinajstić information content (AvgIpc) is 3.13. The van der Waals surface area contributed by atoms with Crippen LogP contribution in [0.5, 0.6) is 0 Å². The zero-order chi connectivity index (χ0) is 11.7. The fourth-order valence-electron chi connectivity index (χ4n) is 2.37. The van der Waals surface area contributed by atoms with E-state index in [0.717, 1.165) is 18.2 Å². The molecule has 0 atom stereocenters. The quantitative estimate of drug-likeness (QED) is 0.766. The second-order valence-electron chi connectivity index (χ2n) is 5.02. The molecule has 1 aromatic rings. The van der Waals surface area contributed by atoms with E-state index in [1.54, 1.807) is 0 Å². The van der Waals surface area contributed by atoms with Crippen molar-refractivity contribution in [3.63, 3.8) is 0 Å². The Kier molecular flexibility index (Phi) is 3.02. The summed E-state index contributed by atoms with van der Waals surface area (Å²) in [5.41, 5.74) is 2.93. The zero-order valence-electron chi connectivity index (χ0n) is 9.98. The first-order valence-corrected chi connectivity index (χ1v) is 6.86. The van der Waals surface area contributed by atoms with Gasteiger partial charge in [-0.15, -0.1) is 0 Å². The minimum atomic E-state index is 0.654. The molecular weight excluding hydrogens is 228 g/mol. The molecule has 0 bridgehead atoms.